The zero-order valence-electron chi connectivity index (χ0n) is 8.58. The summed E-state index contributed by atoms with van der Waals surface area (Å²) in [6.07, 6.45) is -4.66. The van der Waals surface area contributed by atoms with Crippen molar-refractivity contribution in [1.82, 2.24) is 0 Å². The molecule has 3 nitrogen and oxygen atoms in total. The Morgan fingerprint density at radius 1 is 1.18 bits per heavy atom. The summed E-state index contributed by atoms with van der Waals surface area (Å²) in [5.74, 6) is -6.14. The van der Waals surface area contributed by atoms with Crippen LogP contribution < -0.4 is 4.74 Å². The molecule has 7 heteroatoms. The molecule has 0 spiro atoms. The molecule has 17 heavy (non-hydrogen) atoms. The third kappa shape index (κ3) is 3.08. The molecule has 1 rings (SSSR count). The highest BCUT2D eigenvalue weighted by Crippen LogP contribution is 2.35. The summed E-state index contributed by atoms with van der Waals surface area (Å²) in [6, 6.07) is 3.70. The number of aromatic carboxylic acids is 1. The zero-order valence-corrected chi connectivity index (χ0v) is 8.58. The van der Waals surface area contributed by atoms with Crippen molar-refractivity contribution in [1.29, 1.82) is 0 Å². The van der Waals surface area contributed by atoms with Gasteiger partial charge in [0.15, 0.2) is 0 Å². The predicted octanol–water partition coefficient (Wildman–Crippen LogP) is 3.01. The Bertz CT molecular complexity index is 409. The Hall–Kier alpha value is -1.79. The second-order valence-electron chi connectivity index (χ2n) is 3.34. The van der Waals surface area contributed by atoms with Gasteiger partial charge in [0, 0.05) is 6.92 Å². The number of halogens is 4. The van der Waals surface area contributed by atoms with Crippen LogP contribution in [0.15, 0.2) is 24.3 Å². The third-order valence-electron chi connectivity index (χ3n) is 1.86. The van der Waals surface area contributed by atoms with Crippen molar-refractivity contribution in [2.45, 2.75) is 19.0 Å². The Morgan fingerprint density at radius 3 is 2.00 bits per heavy atom. The molecule has 1 aromatic carbocycles. The van der Waals surface area contributed by atoms with Crippen LogP contribution in [0.2, 0.25) is 0 Å². The summed E-state index contributed by atoms with van der Waals surface area (Å²) >= 11 is 0. The number of alkyl halides is 4. The minimum Gasteiger partial charge on any atom is -0.478 e. The van der Waals surface area contributed by atoms with Crippen molar-refractivity contribution < 1.29 is 32.2 Å². The van der Waals surface area contributed by atoms with Gasteiger partial charge in [-0.15, -0.1) is 0 Å². The molecule has 0 aliphatic carbocycles. The molecule has 0 bridgehead atoms. The van der Waals surface area contributed by atoms with Crippen LogP contribution in [-0.2, 0) is 0 Å². The first-order chi connectivity index (χ1) is 7.63. The molecular weight excluding hydrogens is 244 g/mol. The molecule has 1 aromatic rings. The van der Waals surface area contributed by atoms with E-state index in [1.54, 1.807) is 0 Å². The fraction of sp³-hybridized carbons (Fsp3) is 0.300. The van der Waals surface area contributed by atoms with Crippen molar-refractivity contribution >= 4 is 5.97 Å². The maximum absolute atomic E-state index is 12.8. The lowest BCUT2D eigenvalue weighted by Gasteiger charge is -2.23. The SMILES string of the molecule is CC(F)(F)C(F)(F)Oc1ccc(C(=O)O)cc1. The molecule has 0 aromatic heterocycles. The molecule has 0 saturated heterocycles. The minimum atomic E-state index is -4.66. The first-order valence-corrected chi connectivity index (χ1v) is 4.41. The number of rotatable bonds is 4. The van der Waals surface area contributed by atoms with Gasteiger partial charge < -0.3 is 9.84 Å². The standard InChI is InChI=1S/C10H8F4O3/c1-9(11,12)10(13,14)17-7-4-2-6(3-5-7)8(15)16/h2-5H,1H3,(H,15,16). The second kappa shape index (κ2) is 4.23. The van der Waals surface area contributed by atoms with E-state index in [1.807, 2.05) is 0 Å². The summed E-state index contributed by atoms with van der Waals surface area (Å²) in [6.45, 7) is 0.0264. The Morgan fingerprint density at radius 2 is 1.65 bits per heavy atom. The Balaban J connectivity index is 2.86. The lowest BCUT2D eigenvalue weighted by Crippen LogP contribution is -2.42. The molecule has 0 saturated carbocycles. The van der Waals surface area contributed by atoms with E-state index in [0.29, 0.717) is 0 Å². The maximum Gasteiger partial charge on any atom is 0.463 e. The largest absolute Gasteiger partial charge is 0.478 e. The number of carboxylic acid groups (broad SMARTS) is 1. The number of hydrogen-bond donors (Lipinski definition) is 1. The highest BCUT2D eigenvalue weighted by Gasteiger charge is 2.55. The molecule has 0 atom stereocenters. The monoisotopic (exact) mass is 252 g/mol. The van der Waals surface area contributed by atoms with Crippen molar-refractivity contribution in [3.05, 3.63) is 29.8 Å². The molecule has 94 valence electrons. The lowest BCUT2D eigenvalue weighted by atomic mass is 10.2. The highest BCUT2D eigenvalue weighted by molar-refractivity contribution is 5.87. The van der Waals surface area contributed by atoms with E-state index in [2.05, 4.69) is 4.74 Å². The Labute approximate surface area is 93.6 Å². The van der Waals surface area contributed by atoms with E-state index in [0.717, 1.165) is 24.3 Å². The average molecular weight is 252 g/mol. The van der Waals surface area contributed by atoms with E-state index in [1.165, 1.54) is 0 Å². The van der Waals surface area contributed by atoms with Gasteiger partial charge in [-0.25, -0.2) is 4.79 Å². The summed E-state index contributed by atoms with van der Waals surface area (Å²) in [7, 11) is 0. The summed E-state index contributed by atoms with van der Waals surface area (Å²) in [4.78, 5) is 10.4. The van der Waals surface area contributed by atoms with Crippen LogP contribution in [-0.4, -0.2) is 23.1 Å². The van der Waals surface area contributed by atoms with Crippen molar-refractivity contribution in [3.63, 3.8) is 0 Å². The molecule has 0 aliphatic rings. The van der Waals surface area contributed by atoms with Gasteiger partial charge >= 0.3 is 18.0 Å². The quantitative estimate of drug-likeness (QED) is 0.838. The van der Waals surface area contributed by atoms with Gasteiger partial charge in [0.1, 0.15) is 5.75 Å². The molecule has 1 N–H and O–H groups in total. The molecular formula is C10H8F4O3. The number of benzene rings is 1. The summed E-state index contributed by atoms with van der Waals surface area (Å²) < 4.78 is 54.2. The van der Waals surface area contributed by atoms with E-state index < -0.39 is 23.7 Å². The Kier molecular flexibility index (Phi) is 3.30. The highest BCUT2D eigenvalue weighted by atomic mass is 19.3. The van der Waals surface area contributed by atoms with E-state index in [-0.39, 0.29) is 12.5 Å². The number of hydrogen-bond acceptors (Lipinski definition) is 2. The summed E-state index contributed by atoms with van der Waals surface area (Å²) in [5.41, 5.74) is -0.163. The minimum absolute atomic E-state index is 0.0264. The van der Waals surface area contributed by atoms with Crippen LogP contribution in [0.3, 0.4) is 0 Å². The van der Waals surface area contributed by atoms with E-state index in [9.17, 15) is 22.4 Å². The van der Waals surface area contributed by atoms with Gasteiger partial charge in [0.25, 0.3) is 0 Å². The molecule has 0 radical (unpaired) electrons. The van der Waals surface area contributed by atoms with E-state index in [4.69, 9.17) is 5.11 Å². The maximum atomic E-state index is 12.8. The molecule has 0 amide bonds. The van der Waals surface area contributed by atoms with Crippen LogP contribution in [0.5, 0.6) is 5.75 Å². The topological polar surface area (TPSA) is 46.5 Å². The first kappa shape index (κ1) is 13.3. The fourth-order valence-electron chi connectivity index (χ4n) is 0.903. The molecule has 0 aliphatic heterocycles. The van der Waals surface area contributed by atoms with Crippen molar-refractivity contribution in [2.24, 2.45) is 0 Å². The van der Waals surface area contributed by atoms with Gasteiger partial charge in [-0.1, -0.05) is 0 Å². The smallest absolute Gasteiger partial charge is 0.463 e. The van der Waals surface area contributed by atoms with E-state index >= 15 is 0 Å². The zero-order chi connectivity index (χ0) is 13.3. The summed E-state index contributed by atoms with van der Waals surface area (Å²) in [5, 5.41) is 8.53. The average Bonchev–Trinajstić information content (AvgIpc) is 2.16. The van der Waals surface area contributed by atoms with Gasteiger partial charge in [-0.3, -0.25) is 0 Å². The fourth-order valence-corrected chi connectivity index (χ4v) is 0.903. The number of carboxylic acids is 1. The molecule has 0 fully saturated rings. The second-order valence-corrected chi connectivity index (χ2v) is 3.34. The molecule has 0 unspecified atom stereocenters. The lowest BCUT2D eigenvalue weighted by molar-refractivity contribution is -0.301. The number of carbonyl (C=O) groups is 1. The first-order valence-electron chi connectivity index (χ1n) is 4.41. The van der Waals surface area contributed by atoms with Crippen LogP contribution in [0, 0.1) is 0 Å². The van der Waals surface area contributed by atoms with Gasteiger partial charge in [-0.05, 0) is 24.3 Å². The van der Waals surface area contributed by atoms with Crippen LogP contribution in [0.1, 0.15) is 17.3 Å². The van der Waals surface area contributed by atoms with Crippen molar-refractivity contribution in [3.8, 4) is 5.75 Å². The van der Waals surface area contributed by atoms with Gasteiger partial charge in [-0.2, -0.15) is 17.6 Å². The normalized spacial score (nSPS) is 12.3. The van der Waals surface area contributed by atoms with Crippen LogP contribution in [0.4, 0.5) is 17.6 Å². The third-order valence-corrected chi connectivity index (χ3v) is 1.86. The van der Waals surface area contributed by atoms with Crippen molar-refractivity contribution in [2.75, 3.05) is 0 Å². The predicted molar refractivity (Wildman–Crippen MR) is 49.6 cm³/mol. The van der Waals surface area contributed by atoms with Gasteiger partial charge in [0.2, 0.25) is 0 Å². The van der Waals surface area contributed by atoms with Crippen LogP contribution >= 0.6 is 0 Å². The van der Waals surface area contributed by atoms with Crippen LogP contribution in [0.25, 0.3) is 0 Å². The van der Waals surface area contributed by atoms with Gasteiger partial charge in [0.05, 0.1) is 5.56 Å². The number of ether oxygens (including phenoxy) is 1. The molecule has 0 heterocycles.